The Morgan fingerprint density at radius 1 is 1.14 bits per heavy atom. The minimum absolute atomic E-state index is 0.123. The number of nitrogens with one attached hydrogen (secondary N) is 1. The molecule has 148 valence electrons. The highest BCUT2D eigenvalue weighted by molar-refractivity contribution is 5.97. The van der Waals surface area contributed by atoms with Crippen LogP contribution < -0.4 is 5.32 Å². The van der Waals surface area contributed by atoms with Crippen molar-refractivity contribution in [1.82, 2.24) is 19.7 Å². The van der Waals surface area contributed by atoms with E-state index < -0.39 is 12.8 Å². The number of carbonyl (C=O) groups is 1. The van der Waals surface area contributed by atoms with Crippen LogP contribution >= 0.6 is 0 Å². The Morgan fingerprint density at radius 2 is 1.79 bits per heavy atom. The van der Waals surface area contributed by atoms with Gasteiger partial charge >= 0.3 is 6.18 Å². The molecule has 0 atom stereocenters. The number of carbonyl (C=O) groups excluding carboxylic acids is 1. The lowest BCUT2D eigenvalue weighted by Gasteiger charge is -2.10. The lowest BCUT2D eigenvalue weighted by Crippen LogP contribution is -2.24. The maximum absolute atomic E-state index is 12.5. The molecule has 28 heavy (non-hydrogen) atoms. The number of aryl methyl sites for hydroxylation is 1. The first-order chi connectivity index (χ1) is 13.3. The van der Waals surface area contributed by atoms with Gasteiger partial charge in [0.05, 0.1) is 12.8 Å². The summed E-state index contributed by atoms with van der Waals surface area (Å²) in [6.45, 7) is -1.12. The van der Waals surface area contributed by atoms with Crippen LogP contribution in [-0.4, -0.2) is 33.0 Å². The monoisotopic (exact) mass is 392 g/mol. The Morgan fingerprint density at radius 3 is 2.43 bits per heavy atom. The zero-order valence-corrected chi connectivity index (χ0v) is 15.1. The summed E-state index contributed by atoms with van der Waals surface area (Å²) >= 11 is 0. The maximum Gasteiger partial charge on any atom is 0.411 e. The van der Waals surface area contributed by atoms with Crippen LogP contribution in [0.3, 0.4) is 0 Å². The highest BCUT2D eigenvalue weighted by Crippen LogP contribution is 2.16. The fourth-order valence-corrected chi connectivity index (χ4v) is 2.69. The lowest BCUT2D eigenvalue weighted by atomic mass is 10.1. The summed E-state index contributed by atoms with van der Waals surface area (Å²) in [6, 6.07) is 10.5. The van der Waals surface area contributed by atoms with Gasteiger partial charge < -0.3 is 14.6 Å². The molecule has 0 aliphatic carbocycles. The fourth-order valence-electron chi connectivity index (χ4n) is 2.69. The van der Waals surface area contributed by atoms with Gasteiger partial charge in [-0.2, -0.15) is 18.3 Å². The topological polar surface area (TPSA) is 61.1 Å². The normalized spacial score (nSPS) is 11.6. The lowest BCUT2D eigenvalue weighted by molar-refractivity contribution is -0.176. The summed E-state index contributed by atoms with van der Waals surface area (Å²) in [5.41, 5.74) is 1.89. The average molecular weight is 392 g/mol. The summed E-state index contributed by atoms with van der Waals surface area (Å²) in [4.78, 5) is 12.5. The minimum atomic E-state index is -4.34. The second kappa shape index (κ2) is 8.30. The third kappa shape index (κ3) is 5.01. The summed E-state index contributed by atoms with van der Waals surface area (Å²) < 4.78 is 44.3. The summed E-state index contributed by atoms with van der Waals surface area (Å²) in [5, 5.41) is 6.97. The van der Waals surface area contributed by atoms with E-state index in [2.05, 4.69) is 15.2 Å². The largest absolute Gasteiger partial charge is 0.411 e. The molecule has 0 unspecified atom stereocenters. The van der Waals surface area contributed by atoms with Crippen LogP contribution in [0.1, 0.15) is 21.5 Å². The zero-order valence-electron chi connectivity index (χ0n) is 15.1. The van der Waals surface area contributed by atoms with E-state index >= 15 is 0 Å². The van der Waals surface area contributed by atoms with Gasteiger partial charge in [-0.3, -0.25) is 9.48 Å². The number of halogens is 3. The van der Waals surface area contributed by atoms with Crippen molar-refractivity contribution in [2.75, 3.05) is 6.61 Å². The number of aromatic nitrogens is 3. The third-order valence-corrected chi connectivity index (χ3v) is 4.01. The summed E-state index contributed by atoms with van der Waals surface area (Å²) in [5.74, 6) is 0.383. The van der Waals surface area contributed by atoms with E-state index in [0.29, 0.717) is 16.9 Å². The molecule has 1 amide bonds. The molecule has 1 N–H and O–H groups in total. The quantitative estimate of drug-likeness (QED) is 0.672. The zero-order chi connectivity index (χ0) is 20.1. The predicted molar refractivity (Wildman–Crippen MR) is 95.9 cm³/mol. The molecule has 6 nitrogen and oxygen atoms in total. The number of ether oxygens (including phenoxy) is 1. The Kier molecular flexibility index (Phi) is 5.84. The number of nitrogens with zero attached hydrogens (tertiary/aromatic N) is 3. The smallest absolute Gasteiger partial charge is 0.367 e. The Hall–Kier alpha value is -3.07. The molecule has 0 radical (unpaired) electrons. The van der Waals surface area contributed by atoms with Crippen LogP contribution in [0, 0.1) is 0 Å². The van der Waals surface area contributed by atoms with Crippen LogP contribution in [0.2, 0.25) is 0 Å². The van der Waals surface area contributed by atoms with Crippen molar-refractivity contribution in [3.05, 3.63) is 71.7 Å². The van der Waals surface area contributed by atoms with Gasteiger partial charge in [-0.25, -0.2) is 0 Å². The standard InChI is InChI=1S/C19H19F3N4O2/c1-25-18(26-8-2-3-9-26)16(11-24-25)17(27)23-10-14-4-6-15(7-5-14)12-28-13-19(20,21)22/h2-9,11H,10,12-13H2,1H3,(H,23,27). The van der Waals surface area contributed by atoms with E-state index in [1.54, 1.807) is 40.6 Å². The molecule has 1 aromatic carbocycles. The van der Waals surface area contributed by atoms with Gasteiger partial charge in [-0.05, 0) is 23.3 Å². The van der Waals surface area contributed by atoms with Gasteiger partial charge in [-0.1, -0.05) is 24.3 Å². The van der Waals surface area contributed by atoms with E-state index in [0.717, 1.165) is 5.56 Å². The highest BCUT2D eigenvalue weighted by atomic mass is 19.4. The van der Waals surface area contributed by atoms with Crippen LogP contribution in [0.4, 0.5) is 13.2 Å². The Bertz CT molecular complexity index is 916. The molecule has 0 bridgehead atoms. The van der Waals surface area contributed by atoms with Crippen molar-refractivity contribution < 1.29 is 22.7 Å². The molecule has 0 saturated carbocycles. The number of rotatable bonds is 7. The second-order valence-electron chi connectivity index (χ2n) is 6.20. The van der Waals surface area contributed by atoms with Gasteiger partial charge in [0.2, 0.25) is 0 Å². The maximum atomic E-state index is 12.5. The molecule has 0 aliphatic rings. The van der Waals surface area contributed by atoms with Gasteiger partial charge in [0.25, 0.3) is 5.91 Å². The number of hydrogen-bond donors (Lipinski definition) is 1. The molecule has 3 aromatic rings. The van der Waals surface area contributed by atoms with E-state index in [-0.39, 0.29) is 19.1 Å². The van der Waals surface area contributed by atoms with E-state index in [1.165, 1.54) is 6.20 Å². The molecule has 0 spiro atoms. The van der Waals surface area contributed by atoms with Crippen LogP contribution in [-0.2, 0) is 24.9 Å². The van der Waals surface area contributed by atoms with Gasteiger partial charge in [-0.15, -0.1) is 0 Å². The van der Waals surface area contributed by atoms with Crippen molar-refractivity contribution >= 4 is 5.91 Å². The molecule has 0 saturated heterocycles. The van der Waals surface area contributed by atoms with Crippen molar-refractivity contribution in [2.24, 2.45) is 7.05 Å². The minimum Gasteiger partial charge on any atom is -0.367 e. The second-order valence-corrected chi connectivity index (χ2v) is 6.20. The van der Waals surface area contributed by atoms with Crippen LogP contribution in [0.5, 0.6) is 0 Å². The molecule has 0 fully saturated rings. The van der Waals surface area contributed by atoms with Gasteiger partial charge in [0.15, 0.2) is 0 Å². The SMILES string of the molecule is Cn1ncc(C(=O)NCc2ccc(COCC(F)(F)F)cc2)c1-n1cccc1. The Labute approximate surface area is 159 Å². The van der Waals surface area contributed by atoms with E-state index in [1.807, 2.05) is 24.5 Å². The summed E-state index contributed by atoms with van der Waals surface area (Å²) in [7, 11) is 1.76. The van der Waals surface area contributed by atoms with E-state index in [4.69, 9.17) is 0 Å². The average Bonchev–Trinajstić information content (AvgIpc) is 3.29. The number of benzene rings is 1. The van der Waals surface area contributed by atoms with Crippen LogP contribution in [0.15, 0.2) is 55.0 Å². The Balaban J connectivity index is 1.57. The highest BCUT2D eigenvalue weighted by Gasteiger charge is 2.27. The van der Waals surface area contributed by atoms with Crippen molar-refractivity contribution in [3.8, 4) is 5.82 Å². The van der Waals surface area contributed by atoms with Crippen molar-refractivity contribution in [3.63, 3.8) is 0 Å². The first-order valence-electron chi connectivity index (χ1n) is 8.49. The van der Waals surface area contributed by atoms with Crippen molar-refractivity contribution in [1.29, 1.82) is 0 Å². The van der Waals surface area contributed by atoms with Crippen molar-refractivity contribution in [2.45, 2.75) is 19.3 Å². The third-order valence-electron chi connectivity index (χ3n) is 4.01. The van der Waals surface area contributed by atoms with Gasteiger partial charge in [0.1, 0.15) is 18.0 Å². The molecular weight excluding hydrogens is 373 g/mol. The molecule has 2 aromatic heterocycles. The van der Waals surface area contributed by atoms with Gasteiger partial charge in [0, 0.05) is 26.0 Å². The molecule has 9 heteroatoms. The van der Waals surface area contributed by atoms with Crippen LogP contribution in [0.25, 0.3) is 5.82 Å². The summed E-state index contributed by atoms with van der Waals surface area (Å²) in [6.07, 6.45) is 0.822. The first-order valence-corrected chi connectivity index (χ1v) is 8.49. The van der Waals surface area contributed by atoms with E-state index in [9.17, 15) is 18.0 Å². The number of alkyl halides is 3. The molecule has 2 heterocycles. The fraction of sp³-hybridized carbons (Fsp3) is 0.263. The first kappa shape index (κ1) is 19.7. The predicted octanol–water partition coefficient (Wildman–Crippen LogP) is 3.22. The number of amides is 1. The molecule has 0 aliphatic heterocycles. The molecule has 3 rings (SSSR count). The number of hydrogen-bond acceptors (Lipinski definition) is 3. The molecular formula is C19H19F3N4O2.